The molecular formula is C23H18ClFN4O4S. The number of halogens is 2. The minimum absolute atomic E-state index is 0.00284. The maximum Gasteiger partial charge on any atom is 0.268 e. The van der Waals surface area contributed by atoms with Crippen LogP contribution in [0.25, 0.3) is 16.7 Å². The standard InChI is InChI=1S/C23H18ClFN4O4S/c1-32-18-7-8-19(28-21(18)33-2)29-22(31)15-9-16(25)14(10-17(15)27-23(29)34)20(30)26-11-12-3-5-13(24)6-4-12/h3-10H,11H2,1-2H3,(H,26,30)(H,27,34). The van der Waals surface area contributed by atoms with E-state index in [9.17, 15) is 14.0 Å². The highest BCUT2D eigenvalue weighted by atomic mass is 35.5. The van der Waals surface area contributed by atoms with Crippen molar-refractivity contribution in [2.45, 2.75) is 6.54 Å². The van der Waals surface area contributed by atoms with Crippen LogP contribution in [-0.2, 0) is 6.54 Å². The number of H-pyrrole nitrogens is 1. The zero-order chi connectivity index (χ0) is 24.4. The van der Waals surface area contributed by atoms with Gasteiger partial charge in [0.2, 0.25) is 0 Å². The van der Waals surface area contributed by atoms with Crippen LogP contribution in [0.3, 0.4) is 0 Å². The number of nitrogens with one attached hydrogen (secondary N) is 2. The number of amides is 1. The van der Waals surface area contributed by atoms with Crippen molar-refractivity contribution in [3.8, 4) is 17.4 Å². The molecule has 0 radical (unpaired) electrons. The summed E-state index contributed by atoms with van der Waals surface area (Å²) in [6.07, 6.45) is 0. The summed E-state index contributed by atoms with van der Waals surface area (Å²) in [6, 6.07) is 12.2. The molecule has 11 heteroatoms. The lowest BCUT2D eigenvalue weighted by atomic mass is 10.1. The van der Waals surface area contributed by atoms with Crippen molar-refractivity contribution in [1.82, 2.24) is 19.9 Å². The van der Waals surface area contributed by atoms with Crippen LogP contribution < -0.4 is 20.3 Å². The van der Waals surface area contributed by atoms with Crippen LogP contribution >= 0.6 is 23.8 Å². The predicted molar refractivity (Wildman–Crippen MR) is 128 cm³/mol. The van der Waals surface area contributed by atoms with Gasteiger partial charge in [-0.1, -0.05) is 23.7 Å². The van der Waals surface area contributed by atoms with E-state index < -0.39 is 17.3 Å². The fourth-order valence-electron chi connectivity index (χ4n) is 3.34. The van der Waals surface area contributed by atoms with Crippen molar-refractivity contribution in [2.75, 3.05) is 14.2 Å². The molecule has 174 valence electrons. The largest absolute Gasteiger partial charge is 0.491 e. The quantitative estimate of drug-likeness (QED) is 0.385. The Kier molecular flexibility index (Phi) is 6.62. The van der Waals surface area contributed by atoms with E-state index in [4.69, 9.17) is 33.3 Å². The van der Waals surface area contributed by atoms with Crippen molar-refractivity contribution in [1.29, 1.82) is 0 Å². The van der Waals surface area contributed by atoms with E-state index in [1.807, 2.05) is 0 Å². The minimum Gasteiger partial charge on any atom is -0.491 e. The highest BCUT2D eigenvalue weighted by Gasteiger charge is 2.18. The highest BCUT2D eigenvalue weighted by Crippen LogP contribution is 2.25. The Bertz CT molecular complexity index is 1520. The van der Waals surface area contributed by atoms with Crippen LogP contribution in [0.4, 0.5) is 4.39 Å². The van der Waals surface area contributed by atoms with E-state index in [0.29, 0.717) is 10.8 Å². The molecule has 4 rings (SSSR count). The molecule has 0 spiro atoms. The molecule has 0 unspecified atom stereocenters. The number of rotatable bonds is 6. The number of ether oxygens (including phenoxy) is 2. The number of nitrogens with zero attached hydrogens (tertiary/aromatic N) is 2. The molecule has 0 bridgehead atoms. The topological polar surface area (TPSA) is 98.2 Å². The number of benzene rings is 2. The zero-order valence-electron chi connectivity index (χ0n) is 18.0. The Morgan fingerprint density at radius 3 is 2.59 bits per heavy atom. The third-order valence-corrected chi connectivity index (χ3v) is 5.59. The smallest absolute Gasteiger partial charge is 0.268 e. The summed E-state index contributed by atoms with van der Waals surface area (Å²) < 4.78 is 26.3. The molecule has 0 saturated carbocycles. The second-order valence-electron chi connectivity index (χ2n) is 7.14. The van der Waals surface area contributed by atoms with Gasteiger partial charge in [0, 0.05) is 11.6 Å². The van der Waals surface area contributed by atoms with Crippen LogP contribution in [0.15, 0.2) is 53.3 Å². The van der Waals surface area contributed by atoms with Crippen LogP contribution in [0.2, 0.25) is 5.02 Å². The van der Waals surface area contributed by atoms with Crippen molar-refractivity contribution >= 4 is 40.6 Å². The first kappa shape index (κ1) is 23.4. The monoisotopic (exact) mass is 500 g/mol. The number of pyridine rings is 1. The van der Waals surface area contributed by atoms with Crippen LogP contribution in [0.1, 0.15) is 15.9 Å². The van der Waals surface area contributed by atoms with Gasteiger partial charge in [-0.05, 0) is 54.2 Å². The summed E-state index contributed by atoms with van der Waals surface area (Å²) in [6.45, 7) is 0.177. The molecular weight excluding hydrogens is 483 g/mol. The molecule has 2 N–H and O–H groups in total. The fourth-order valence-corrected chi connectivity index (χ4v) is 3.76. The van der Waals surface area contributed by atoms with Gasteiger partial charge in [0.15, 0.2) is 10.5 Å². The van der Waals surface area contributed by atoms with Crippen molar-refractivity contribution in [3.63, 3.8) is 0 Å². The molecule has 8 nitrogen and oxygen atoms in total. The van der Waals surface area contributed by atoms with E-state index in [1.54, 1.807) is 30.3 Å². The summed E-state index contributed by atoms with van der Waals surface area (Å²) in [7, 11) is 2.87. The molecule has 0 aliphatic rings. The van der Waals surface area contributed by atoms with E-state index in [1.165, 1.54) is 26.4 Å². The number of carbonyl (C=O) groups excluding carboxylic acids is 1. The highest BCUT2D eigenvalue weighted by molar-refractivity contribution is 7.71. The second-order valence-corrected chi connectivity index (χ2v) is 7.96. The summed E-state index contributed by atoms with van der Waals surface area (Å²) in [5, 5.41) is 3.22. The lowest BCUT2D eigenvalue weighted by Crippen LogP contribution is -2.25. The second kappa shape index (κ2) is 9.62. The Morgan fingerprint density at radius 2 is 1.91 bits per heavy atom. The van der Waals surface area contributed by atoms with Gasteiger partial charge in [-0.25, -0.2) is 8.96 Å². The Balaban J connectivity index is 1.71. The first-order chi connectivity index (χ1) is 16.3. The van der Waals surface area contributed by atoms with Gasteiger partial charge in [0.05, 0.1) is 30.7 Å². The van der Waals surface area contributed by atoms with Gasteiger partial charge in [-0.15, -0.1) is 0 Å². The lowest BCUT2D eigenvalue weighted by molar-refractivity contribution is 0.0947. The molecule has 2 aromatic carbocycles. The molecule has 4 aromatic rings. The Labute approximate surface area is 202 Å². The number of fused-ring (bicyclic) bond motifs is 1. The third-order valence-electron chi connectivity index (χ3n) is 5.05. The van der Waals surface area contributed by atoms with E-state index in [0.717, 1.165) is 16.2 Å². The first-order valence-corrected chi connectivity index (χ1v) is 10.7. The molecule has 2 aromatic heterocycles. The number of methoxy groups -OCH3 is 2. The van der Waals surface area contributed by atoms with Gasteiger partial charge < -0.3 is 19.8 Å². The number of carbonyl (C=O) groups is 1. The van der Waals surface area contributed by atoms with Crippen molar-refractivity contribution < 1.29 is 18.7 Å². The Morgan fingerprint density at radius 1 is 1.18 bits per heavy atom. The van der Waals surface area contributed by atoms with Gasteiger partial charge >= 0.3 is 0 Å². The third kappa shape index (κ3) is 4.50. The van der Waals surface area contributed by atoms with Gasteiger partial charge in [-0.3, -0.25) is 9.59 Å². The molecule has 0 fully saturated rings. The zero-order valence-corrected chi connectivity index (χ0v) is 19.6. The normalized spacial score (nSPS) is 10.8. The molecule has 1 amide bonds. The molecule has 34 heavy (non-hydrogen) atoms. The van der Waals surface area contributed by atoms with E-state index in [-0.39, 0.29) is 39.5 Å². The lowest BCUT2D eigenvalue weighted by Gasteiger charge is -2.12. The average Bonchev–Trinajstić information content (AvgIpc) is 2.83. The number of aromatic nitrogens is 3. The maximum absolute atomic E-state index is 14.9. The summed E-state index contributed by atoms with van der Waals surface area (Å²) in [4.78, 5) is 32.9. The fraction of sp³-hybridized carbons (Fsp3) is 0.130. The molecule has 0 atom stereocenters. The van der Waals surface area contributed by atoms with Crippen molar-refractivity contribution in [3.05, 3.63) is 85.6 Å². The predicted octanol–water partition coefficient (Wildman–Crippen LogP) is 4.18. The number of hydrogen-bond acceptors (Lipinski definition) is 6. The first-order valence-electron chi connectivity index (χ1n) is 9.93. The number of aromatic amines is 1. The summed E-state index contributed by atoms with van der Waals surface area (Å²) in [5.41, 5.74) is 0.174. The average molecular weight is 501 g/mol. The van der Waals surface area contributed by atoms with Gasteiger partial charge in [0.1, 0.15) is 11.6 Å². The van der Waals surface area contributed by atoms with Crippen LogP contribution in [0, 0.1) is 10.6 Å². The molecule has 2 heterocycles. The summed E-state index contributed by atoms with van der Waals surface area (Å²) in [5.74, 6) is -0.804. The SMILES string of the molecule is COc1ccc(-n2c(=S)[nH]c3cc(C(=O)NCc4ccc(Cl)cc4)c(F)cc3c2=O)nc1OC. The summed E-state index contributed by atoms with van der Waals surface area (Å²) >= 11 is 11.2. The van der Waals surface area contributed by atoms with Crippen molar-refractivity contribution in [2.24, 2.45) is 0 Å². The van der Waals surface area contributed by atoms with E-state index >= 15 is 0 Å². The molecule has 0 aliphatic carbocycles. The molecule has 0 saturated heterocycles. The maximum atomic E-state index is 14.9. The molecule has 0 aliphatic heterocycles. The van der Waals surface area contributed by atoms with Crippen LogP contribution in [-0.4, -0.2) is 34.7 Å². The van der Waals surface area contributed by atoms with E-state index in [2.05, 4.69) is 15.3 Å². The minimum atomic E-state index is -0.851. The Hall–Kier alpha value is -3.76. The van der Waals surface area contributed by atoms with Gasteiger partial charge in [-0.2, -0.15) is 4.98 Å². The van der Waals surface area contributed by atoms with Crippen LogP contribution in [0.5, 0.6) is 11.6 Å². The number of hydrogen-bond donors (Lipinski definition) is 2. The van der Waals surface area contributed by atoms with Gasteiger partial charge in [0.25, 0.3) is 17.3 Å².